The van der Waals surface area contributed by atoms with Crippen LogP contribution in [0.25, 0.3) is 0 Å². The monoisotopic (exact) mass is 194 g/mol. The van der Waals surface area contributed by atoms with E-state index < -0.39 is 0 Å². The van der Waals surface area contributed by atoms with Gasteiger partial charge in [0.2, 0.25) is 0 Å². The highest BCUT2D eigenvalue weighted by Gasteiger charge is 2.12. The molecule has 0 saturated heterocycles. The third-order valence-electron chi connectivity index (χ3n) is 3.18. The molecule has 0 N–H and O–H groups in total. The van der Waals surface area contributed by atoms with Crippen molar-refractivity contribution in [1.29, 1.82) is 0 Å². The zero-order valence-corrected chi connectivity index (χ0v) is 9.51. The molecule has 1 rings (SSSR count). The minimum atomic E-state index is 0.199. The lowest BCUT2D eigenvalue weighted by Crippen LogP contribution is -2.06. The fourth-order valence-electron chi connectivity index (χ4n) is 2.35. The first-order valence-electron chi connectivity index (χ1n) is 5.89. The van der Waals surface area contributed by atoms with Gasteiger partial charge in [0.15, 0.2) is 5.78 Å². The Bertz CT molecular complexity index is 207. The average molecular weight is 194 g/mol. The summed E-state index contributed by atoms with van der Waals surface area (Å²) in [7, 11) is 0. The van der Waals surface area contributed by atoms with Crippen molar-refractivity contribution < 1.29 is 4.79 Å². The van der Waals surface area contributed by atoms with Gasteiger partial charge in [0.1, 0.15) is 0 Å². The van der Waals surface area contributed by atoms with Gasteiger partial charge in [-0.2, -0.15) is 0 Å². The van der Waals surface area contributed by atoms with Gasteiger partial charge in [0, 0.05) is 0 Å². The molecule has 0 aromatic carbocycles. The maximum atomic E-state index is 11.0. The van der Waals surface area contributed by atoms with E-state index >= 15 is 0 Å². The van der Waals surface area contributed by atoms with Crippen molar-refractivity contribution in [2.24, 2.45) is 5.92 Å². The summed E-state index contributed by atoms with van der Waals surface area (Å²) in [5.41, 5.74) is 1.31. The SMILES string of the molecule is CC(=O)/C=C(\C)C1CCCCCCC1. The Labute approximate surface area is 87.6 Å². The van der Waals surface area contributed by atoms with Gasteiger partial charge in [-0.15, -0.1) is 0 Å². The predicted molar refractivity (Wildman–Crippen MR) is 60.2 cm³/mol. The summed E-state index contributed by atoms with van der Waals surface area (Å²) in [6.07, 6.45) is 11.2. The van der Waals surface area contributed by atoms with E-state index in [0.717, 1.165) is 0 Å². The first-order valence-corrected chi connectivity index (χ1v) is 5.89. The molecule has 0 heterocycles. The number of hydrogen-bond acceptors (Lipinski definition) is 1. The minimum Gasteiger partial charge on any atom is -0.295 e. The van der Waals surface area contributed by atoms with E-state index in [2.05, 4.69) is 6.92 Å². The molecule has 0 aliphatic heterocycles. The lowest BCUT2D eigenvalue weighted by Gasteiger charge is -2.20. The summed E-state index contributed by atoms with van der Waals surface area (Å²) in [6.45, 7) is 3.76. The average Bonchev–Trinajstić information content (AvgIpc) is 2.00. The Kier molecular flexibility index (Phi) is 4.92. The van der Waals surface area contributed by atoms with Gasteiger partial charge in [-0.1, -0.05) is 37.7 Å². The van der Waals surface area contributed by atoms with Gasteiger partial charge in [-0.3, -0.25) is 4.79 Å². The second-order valence-electron chi connectivity index (χ2n) is 4.54. The Morgan fingerprint density at radius 2 is 1.50 bits per heavy atom. The number of hydrogen-bond donors (Lipinski definition) is 0. The molecule has 1 fully saturated rings. The quantitative estimate of drug-likeness (QED) is 0.610. The van der Waals surface area contributed by atoms with E-state index in [1.54, 1.807) is 6.92 Å². The smallest absolute Gasteiger partial charge is 0.152 e. The molecule has 0 bridgehead atoms. The van der Waals surface area contributed by atoms with Gasteiger partial charge >= 0.3 is 0 Å². The first kappa shape index (κ1) is 11.5. The maximum Gasteiger partial charge on any atom is 0.152 e. The van der Waals surface area contributed by atoms with E-state index in [1.807, 2.05) is 6.08 Å². The van der Waals surface area contributed by atoms with Crippen LogP contribution in [-0.4, -0.2) is 5.78 Å². The summed E-state index contributed by atoms with van der Waals surface area (Å²) in [6, 6.07) is 0. The normalized spacial score (nSPS) is 21.4. The number of carbonyl (C=O) groups is 1. The molecule has 0 atom stereocenters. The number of carbonyl (C=O) groups excluding carboxylic acids is 1. The summed E-state index contributed by atoms with van der Waals surface area (Å²) < 4.78 is 0. The Hall–Kier alpha value is -0.590. The zero-order chi connectivity index (χ0) is 10.4. The predicted octanol–water partition coefficient (Wildman–Crippen LogP) is 3.88. The number of ketones is 1. The number of rotatable bonds is 2. The molecule has 1 aliphatic rings. The minimum absolute atomic E-state index is 0.199. The van der Waals surface area contributed by atoms with Crippen LogP contribution in [0.2, 0.25) is 0 Å². The van der Waals surface area contributed by atoms with Crippen LogP contribution in [0, 0.1) is 5.92 Å². The van der Waals surface area contributed by atoms with Crippen molar-refractivity contribution in [1.82, 2.24) is 0 Å². The third kappa shape index (κ3) is 4.08. The molecule has 1 heteroatoms. The first-order chi connectivity index (χ1) is 6.70. The molecule has 0 radical (unpaired) electrons. The Morgan fingerprint density at radius 3 is 2.00 bits per heavy atom. The second kappa shape index (κ2) is 6.00. The van der Waals surface area contributed by atoms with Crippen molar-refractivity contribution in [3.05, 3.63) is 11.6 Å². The highest BCUT2D eigenvalue weighted by molar-refractivity contribution is 5.87. The van der Waals surface area contributed by atoms with E-state index in [-0.39, 0.29) is 5.78 Å². The van der Waals surface area contributed by atoms with E-state index in [9.17, 15) is 4.79 Å². The highest BCUT2D eigenvalue weighted by atomic mass is 16.1. The van der Waals surface area contributed by atoms with Crippen molar-refractivity contribution in [2.45, 2.75) is 58.8 Å². The van der Waals surface area contributed by atoms with Crippen LogP contribution in [0.4, 0.5) is 0 Å². The summed E-state index contributed by atoms with van der Waals surface area (Å²) in [5.74, 6) is 0.878. The molecule has 0 unspecified atom stereocenters. The van der Waals surface area contributed by atoms with Crippen LogP contribution in [0.5, 0.6) is 0 Å². The third-order valence-corrected chi connectivity index (χ3v) is 3.18. The zero-order valence-electron chi connectivity index (χ0n) is 9.51. The Morgan fingerprint density at radius 1 is 1.00 bits per heavy atom. The lowest BCUT2D eigenvalue weighted by molar-refractivity contribution is -0.112. The second-order valence-corrected chi connectivity index (χ2v) is 4.54. The van der Waals surface area contributed by atoms with Crippen LogP contribution < -0.4 is 0 Å². The van der Waals surface area contributed by atoms with Crippen molar-refractivity contribution in [2.75, 3.05) is 0 Å². The van der Waals surface area contributed by atoms with Gasteiger partial charge in [-0.25, -0.2) is 0 Å². The molecule has 0 spiro atoms. The van der Waals surface area contributed by atoms with Gasteiger partial charge in [-0.05, 0) is 38.7 Å². The van der Waals surface area contributed by atoms with Gasteiger partial charge < -0.3 is 0 Å². The molecular weight excluding hydrogens is 172 g/mol. The molecule has 1 saturated carbocycles. The van der Waals surface area contributed by atoms with Crippen LogP contribution in [0.1, 0.15) is 58.8 Å². The molecule has 14 heavy (non-hydrogen) atoms. The fourth-order valence-corrected chi connectivity index (χ4v) is 2.35. The molecular formula is C13H22O. The van der Waals surface area contributed by atoms with E-state index in [4.69, 9.17) is 0 Å². The van der Waals surface area contributed by atoms with Crippen molar-refractivity contribution in [3.8, 4) is 0 Å². The van der Waals surface area contributed by atoms with E-state index in [0.29, 0.717) is 5.92 Å². The maximum absolute atomic E-state index is 11.0. The van der Waals surface area contributed by atoms with Crippen molar-refractivity contribution in [3.63, 3.8) is 0 Å². The molecule has 0 aromatic rings. The van der Waals surface area contributed by atoms with Crippen LogP contribution in [-0.2, 0) is 4.79 Å². The van der Waals surface area contributed by atoms with Gasteiger partial charge in [0.25, 0.3) is 0 Å². The topological polar surface area (TPSA) is 17.1 Å². The van der Waals surface area contributed by atoms with E-state index in [1.165, 1.54) is 50.5 Å². The lowest BCUT2D eigenvalue weighted by atomic mass is 9.86. The summed E-state index contributed by atoms with van der Waals surface area (Å²) in [4.78, 5) is 11.0. The molecule has 1 nitrogen and oxygen atoms in total. The molecule has 0 aromatic heterocycles. The molecule has 80 valence electrons. The van der Waals surface area contributed by atoms with Crippen molar-refractivity contribution >= 4 is 5.78 Å². The highest BCUT2D eigenvalue weighted by Crippen LogP contribution is 2.27. The fraction of sp³-hybridized carbons (Fsp3) is 0.769. The van der Waals surface area contributed by atoms with Crippen LogP contribution >= 0.6 is 0 Å². The summed E-state index contributed by atoms with van der Waals surface area (Å²) >= 11 is 0. The largest absolute Gasteiger partial charge is 0.295 e. The van der Waals surface area contributed by atoms with Gasteiger partial charge in [0.05, 0.1) is 0 Å². The van der Waals surface area contributed by atoms with Crippen LogP contribution in [0.15, 0.2) is 11.6 Å². The Balaban J connectivity index is 2.50. The number of allylic oxidation sites excluding steroid dienone is 2. The summed E-state index contributed by atoms with van der Waals surface area (Å²) in [5, 5.41) is 0. The standard InChI is InChI=1S/C13H22O/c1-11(10-12(2)14)13-8-6-4-3-5-7-9-13/h10,13H,3-9H2,1-2H3/b11-10+. The molecule has 1 aliphatic carbocycles. The molecule has 0 amide bonds. The van der Waals surface area contributed by atoms with Crippen LogP contribution in [0.3, 0.4) is 0 Å².